The number of aromatic nitrogens is 2. The van der Waals surface area contributed by atoms with Crippen molar-refractivity contribution in [2.75, 3.05) is 25.5 Å². The van der Waals surface area contributed by atoms with Gasteiger partial charge in [0.25, 0.3) is 0 Å². The van der Waals surface area contributed by atoms with Crippen LogP contribution in [0.2, 0.25) is 0 Å². The van der Waals surface area contributed by atoms with Crippen LogP contribution in [0.1, 0.15) is 17.7 Å². The third-order valence-electron chi connectivity index (χ3n) is 3.13. The topological polar surface area (TPSA) is 68.3 Å². The van der Waals surface area contributed by atoms with Crippen molar-refractivity contribution >= 4 is 5.95 Å². The van der Waals surface area contributed by atoms with E-state index in [2.05, 4.69) is 20.6 Å². The Kier molecular flexibility index (Phi) is 2.82. The maximum absolute atomic E-state index is 5.36. The van der Waals surface area contributed by atoms with Gasteiger partial charge in [0.05, 0.1) is 31.6 Å². The van der Waals surface area contributed by atoms with Crippen molar-refractivity contribution in [1.82, 2.24) is 15.3 Å². The van der Waals surface area contributed by atoms with Gasteiger partial charge in [-0.1, -0.05) is 0 Å². The Balaban J connectivity index is 1.84. The van der Waals surface area contributed by atoms with Crippen LogP contribution in [-0.4, -0.2) is 36.2 Å². The van der Waals surface area contributed by atoms with Gasteiger partial charge in [-0.15, -0.1) is 0 Å². The van der Waals surface area contributed by atoms with E-state index in [0.29, 0.717) is 31.1 Å². The molecule has 1 aromatic rings. The van der Waals surface area contributed by atoms with Crippen LogP contribution in [-0.2, 0) is 18.0 Å². The van der Waals surface area contributed by atoms with E-state index >= 15 is 0 Å². The third-order valence-corrected chi connectivity index (χ3v) is 3.13. The molecule has 2 aliphatic heterocycles. The monoisotopic (exact) mass is 236 g/mol. The van der Waals surface area contributed by atoms with Crippen molar-refractivity contribution in [3.05, 3.63) is 11.3 Å². The maximum atomic E-state index is 5.36. The molecule has 2 aliphatic rings. The number of nitrogens with one attached hydrogen (secondary N) is 2. The number of fused-ring (bicyclic) bond motifs is 1. The first-order valence-corrected chi connectivity index (χ1v) is 5.85. The highest BCUT2D eigenvalue weighted by molar-refractivity contribution is 5.40. The number of hydrogen-bond acceptors (Lipinski definition) is 6. The molecule has 17 heavy (non-hydrogen) atoms. The molecule has 0 aromatic carbocycles. The molecule has 6 nitrogen and oxygen atoms in total. The van der Waals surface area contributed by atoms with Gasteiger partial charge in [0.15, 0.2) is 0 Å². The van der Waals surface area contributed by atoms with E-state index in [1.165, 1.54) is 0 Å². The summed E-state index contributed by atoms with van der Waals surface area (Å²) in [6, 6.07) is 0.403. The fourth-order valence-corrected chi connectivity index (χ4v) is 2.22. The van der Waals surface area contributed by atoms with Gasteiger partial charge in [-0.05, 0) is 13.0 Å². The Morgan fingerprint density at radius 3 is 3.12 bits per heavy atom. The van der Waals surface area contributed by atoms with Crippen LogP contribution in [0.15, 0.2) is 0 Å². The van der Waals surface area contributed by atoms with Gasteiger partial charge in [0.2, 0.25) is 11.8 Å². The summed E-state index contributed by atoms with van der Waals surface area (Å²) in [7, 11) is 1.63. The summed E-state index contributed by atoms with van der Waals surface area (Å²) < 4.78 is 10.6. The summed E-state index contributed by atoms with van der Waals surface area (Å²) in [4.78, 5) is 8.84. The van der Waals surface area contributed by atoms with E-state index in [4.69, 9.17) is 9.47 Å². The van der Waals surface area contributed by atoms with Gasteiger partial charge in [-0.2, -0.15) is 4.98 Å². The molecule has 0 spiro atoms. The van der Waals surface area contributed by atoms with E-state index in [-0.39, 0.29) is 0 Å². The van der Waals surface area contributed by atoms with Gasteiger partial charge in [0, 0.05) is 12.6 Å². The number of anilines is 1. The Labute approximate surface area is 99.7 Å². The number of methoxy groups -OCH3 is 1. The van der Waals surface area contributed by atoms with Gasteiger partial charge in [-0.3, -0.25) is 0 Å². The molecular weight excluding hydrogens is 220 g/mol. The lowest BCUT2D eigenvalue weighted by molar-refractivity contribution is 0.132. The molecule has 92 valence electrons. The molecule has 2 N–H and O–H groups in total. The van der Waals surface area contributed by atoms with Crippen LogP contribution >= 0.6 is 0 Å². The summed E-state index contributed by atoms with van der Waals surface area (Å²) in [5.41, 5.74) is 1.91. The minimum atomic E-state index is 0.403. The molecule has 0 amide bonds. The second-order valence-electron chi connectivity index (χ2n) is 4.31. The van der Waals surface area contributed by atoms with Crippen LogP contribution in [0.4, 0.5) is 5.95 Å². The zero-order valence-corrected chi connectivity index (χ0v) is 9.82. The van der Waals surface area contributed by atoms with Gasteiger partial charge >= 0.3 is 0 Å². The van der Waals surface area contributed by atoms with E-state index in [1.807, 2.05) is 0 Å². The molecule has 3 heterocycles. The second-order valence-corrected chi connectivity index (χ2v) is 4.31. The van der Waals surface area contributed by atoms with Crippen LogP contribution in [0.3, 0.4) is 0 Å². The second kappa shape index (κ2) is 4.46. The van der Waals surface area contributed by atoms with E-state index in [1.54, 1.807) is 7.11 Å². The predicted octanol–water partition coefficient (Wildman–Crippen LogP) is 0.289. The van der Waals surface area contributed by atoms with Gasteiger partial charge < -0.3 is 20.1 Å². The normalized spacial score (nSPS) is 22.5. The lowest BCUT2D eigenvalue weighted by atomic mass is 10.2. The lowest BCUT2D eigenvalue weighted by Gasteiger charge is -2.13. The van der Waals surface area contributed by atoms with Crippen molar-refractivity contribution in [3.63, 3.8) is 0 Å². The van der Waals surface area contributed by atoms with Crippen molar-refractivity contribution in [2.24, 2.45) is 0 Å². The number of hydrogen-bond donors (Lipinski definition) is 2. The average Bonchev–Trinajstić information content (AvgIpc) is 2.98. The van der Waals surface area contributed by atoms with Crippen molar-refractivity contribution in [2.45, 2.75) is 25.7 Å². The fraction of sp³-hybridized carbons (Fsp3) is 0.636. The Bertz CT molecular complexity index is 418. The van der Waals surface area contributed by atoms with Crippen LogP contribution in [0, 0.1) is 0 Å². The zero-order chi connectivity index (χ0) is 11.7. The molecule has 0 bridgehead atoms. The van der Waals surface area contributed by atoms with Crippen molar-refractivity contribution < 1.29 is 9.47 Å². The van der Waals surface area contributed by atoms with Gasteiger partial charge in [0.1, 0.15) is 0 Å². The number of rotatable bonds is 3. The fourth-order valence-electron chi connectivity index (χ4n) is 2.22. The minimum Gasteiger partial charge on any atom is -0.481 e. The SMILES string of the molecule is COc1nc(NC2CCNC2)nc2c1COC2. The highest BCUT2D eigenvalue weighted by Crippen LogP contribution is 2.27. The van der Waals surface area contributed by atoms with E-state index < -0.39 is 0 Å². The molecule has 1 fully saturated rings. The highest BCUT2D eigenvalue weighted by atomic mass is 16.5. The molecule has 6 heteroatoms. The van der Waals surface area contributed by atoms with Crippen LogP contribution in [0.5, 0.6) is 5.88 Å². The first-order valence-electron chi connectivity index (χ1n) is 5.85. The Hall–Kier alpha value is -1.40. The Morgan fingerprint density at radius 2 is 2.35 bits per heavy atom. The lowest BCUT2D eigenvalue weighted by Crippen LogP contribution is -2.23. The number of ether oxygens (including phenoxy) is 2. The Morgan fingerprint density at radius 1 is 1.41 bits per heavy atom. The van der Waals surface area contributed by atoms with Crippen molar-refractivity contribution in [1.29, 1.82) is 0 Å². The molecule has 3 rings (SSSR count). The first kappa shape index (κ1) is 10.7. The molecule has 0 radical (unpaired) electrons. The summed E-state index contributed by atoms with van der Waals surface area (Å²) in [6.45, 7) is 3.09. The molecule has 0 saturated carbocycles. The highest BCUT2D eigenvalue weighted by Gasteiger charge is 2.22. The zero-order valence-electron chi connectivity index (χ0n) is 9.82. The first-order chi connectivity index (χ1) is 8.36. The molecular formula is C11H16N4O2. The van der Waals surface area contributed by atoms with E-state index in [9.17, 15) is 0 Å². The van der Waals surface area contributed by atoms with Crippen LogP contribution < -0.4 is 15.4 Å². The smallest absolute Gasteiger partial charge is 0.226 e. The minimum absolute atomic E-state index is 0.403. The standard InChI is InChI=1S/C11H16N4O2/c1-16-10-8-5-17-6-9(8)14-11(15-10)13-7-2-3-12-4-7/h7,12H,2-6H2,1H3,(H,13,14,15). The molecule has 1 unspecified atom stereocenters. The van der Waals surface area contributed by atoms with Gasteiger partial charge in [-0.25, -0.2) is 4.98 Å². The van der Waals surface area contributed by atoms with E-state index in [0.717, 1.165) is 30.8 Å². The third kappa shape index (κ3) is 2.05. The molecule has 1 atom stereocenters. The maximum Gasteiger partial charge on any atom is 0.226 e. The largest absolute Gasteiger partial charge is 0.481 e. The molecule has 1 saturated heterocycles. The quantitative estimate of drug-likeness (QED) is 0.786. The summed E-state index contributed by atoms with van der Waals surface area (Å²) >= 11 is 0. The average molecular weight is 236 g/mol. The number of nitrogens with zero attached hydrogens (tertiary/aromatic N) is 2. The summed E-state index contributed by atoms with van der Waals surface area (Å²) in [5.74, 6) is 1.26. The predicted molar refractivity (Wildman–Crippen MR) is 62.0 cm³/mol. The summed E-state index contributed by atoms with van der Waals surface area (Å²) in [6.07, 6.45) is 1.10. The summed E-state index contributed by atoms with van der Waals surface area (Å²) in [5, 5.41) is 6.62. The molecule has 1 aromatic heterocycles. The van der Waals surface area contributed by atoms with Crippen molar-refractivity contribution in [3.8, 4) is 5.88 Å². The molecule has 0 aliphatic carbocycles. The van der Waals surface area contributed by atoms with Crippen LogP contribution in [0.25, 0.3) is 0 Å².